The van der Waals surface area contributed by atoms with Crippen LogP contribution < -0.4 is 5.32 Å². The highest BCUT2D eigenvalue weighted by Gasteiger charge is 2.10. The monoisotopic (exact) mass is 306 g/mol. The number of rotatable bonds is 6. The van der Waals surface area contributed by atoms with Crippen molar-refractivity contribution in [2.24, 2.45) is 0 Å². The molecular weight excluding hydrogens is 295 g/mol. The fraction of sp³-hybridized carbons (Fsp3) is 0.364. The molecule has 0 spiro atoms. The van der Waals surface area contributed by atoms with Crippen LogP contribution in [0.4, 0.5) is 5.82 Å². The number of pyridine rings is 1. The second kappa shape index (κ2) is 7.93. The Labute approximate surface area is 120 Å². The molecule has 1 aromatic heterocycles. The number of hydrogen-bond donors (Lipinski definition) is 1. The van der Waals surface area contributed by atoms with Crippen molar-refractivity contribution in [2.45, 2.75) is 6.92 Å². The number of halogens is 2. The van der Waals surface area contributed by atoms with E-state index < -0.39 is 18.5 Å². The maximum Gasteiger partial charge on any atom is 0.332 e. The van der Waals surface area contributed by atoms with Crippen LogP contribution in [0.3, 0.4) is 0 Å². The van der Waals surface area contributed by atoms with Crippen molar-refractivity contribution in [2.75, 3.05) is 25.1 Å². The van der Waals surface area contributed by atoms with Crippen molar-refractivity contribution in [3.8, 4) is 0 Å². The Morgan fingerprint density at radius 2 is 2.11 bits per heavy atom. The smallest absolute Gasteiger partial charge is 0.332 e. The quantitative estimate of drug-likeness (QED) is 0.812. The highest BCUT2D eigenvalue weighted by Crippen LogP contribution is 2.22. The van der Waals surface area contributed by atoms with Gasteiger partial charge in [-0.15, -0.1) is 0 Å². The number of nitrogens with one attached hydrogen (secondary N) is 1. The zero-order valence-electron chi connectivity index (χ0n) is 10.1. The lowest BCUT2D eigenvalue weighted by molar-refractivity contribution is -0.151. The van der Waals surface area contributed by atoms with E-state index >= 15 is 0 Å². The summed E-state index contributed by atoms with van der Waals surface area (Å²) in [6.45, 7) is 1.51. The van der Waals surface area contributed by atoms with E-state index in [0.717, 1.165) is 0 Å². The average Bonchev–Trinajstić information content (AvgIpc) is 2.37. The van der Waals surface area contributed by atoms with E-state index in [-0.39, 0.29) is 17.4 Å². The van der Waals surface area contributed by atoms with Gasteiger partial charge in [-0.05, 0) is 13.0 Å². The van der Waals surface area contributed by atoms with Crippen molar-refractivity contribution >= 4 is 40.9 Å². The number of ether oxygens (including phenoxy) is 2. The molecule has 0 atom stereocenters. The summed E-state index contributed by atoms with van der Waals surface area (Å²) < 4.78 is 9.49. The average molecular weight is 307 g/mol. The second-order valence-corrected chi connectivity index (χ2v) is 4.17. The Hall–Kier alpha value is -1.37. The molecular formula is C11H12Cl2N2O4. The molecule has 1 heterocycles. The molecule has 6 nitrogen and oxygen atoms in total. The van der Waals surface area contributed by atoms with Crippen LogP contribution in [0, 0.1) is 0 Å². The van der Waals surface area contributed by atoms with Crippen molar-refractivity contribution in [3.63, 3.8) is 0 Å². The van der Waals surface area contributed by atoms with Crippen LogP contribution in [-0.4, -0.2) is 36.7 Å². The fourth-order valence-electron chi connectivity index (χ4n) is 1.05. The summed E-state index contributed by atoms with van der Waals surface area (Å²) in [5.41, 5.74) is 0. The minimum atomic E-state index is -0.618. The molecule has 0 aromatic carbocycles. The number of amides is 1. The van der Waals surface area contributed by atoms with Crippen LogP contribution in [0.5, 0.6) is 0 Å². The van der Waals surface area contributed by atoms with Crippen LogP contribution in [0.1, 0.15) is 6.92 Å². The molecule has 1 aromatic rings. The molecule has 0 bridgehead atoms. The molecule has 19 heavy (non-hydrogen) atoms. The lowest BCUT2D eigenvalue weighted by Gasteiger charge is -2.07. The highest BCUT2D eigenvalue weighted by molar-refractivity contribution is 6.36. The normalized spacial score (nSPS) is 10.1. The van der Waals surface area contributed by atoms with E-state index in [9.17, 15) is 9.59 Å². The third kappa shape index (κ3) is 5.87. The van der Waals surface area contributed by atoms with Gasteiger partial charge < -0.3 is 14.8 Å². The number of esters is 1. The second-order valence-electron chi connectivity index (χ2n) is 3.33. The fourth-order valence-corrected chi connectivity index (χ4v) is 1.48. The van der Waals surface area contributed by atoms with Crippen LogP contribution in [0.15, 0.2) is 12.3 Å². The van der Waals surface area contributed by atoms with E-state index in [1.807, 2.05) is 0 Å². The molecule has 104 valence electrons. The first-order valence-electron chi connectivity index (χ1n) is 5.37. The molecule has 8 heteroatoms. The number of carbonyl (C=O) groups excluding carboxylic acids is 2. The molecule has 0 saturated heterocycles. The van der Waals surface area contributed by atoms with Crippen molar-refractivity contribution < 1.29 is 19.1 Å². The number of hydrogen-bond acceptors (Lipinski definition) is 5. The number of aromatic nitrogens is 1. The van der Waals surface area contributed by atoms with E-state index in [2.05, 4.69) is 15.0 Å². The molecule has 1 N–H and O–H groups in total. The summed E-state index contributed by atoms with van der Waals surface area (Å²) in [6.07, 6.45) is 1.34. The Bertz CT molecular complexity index is 468. The predicted octanol–water partition coefficient (Wildman–Crippen LogP) is 1.91. The van der Waals surface area contributed by atoms with Gasteiger partial charge in [-0.2, -0.15) is 0 Å². The van der Waals surface area contributed by atoms with E-state index in [1.54, 1.807) is 6.92 Å². The molecule has 0 fully saturated rings. The van der Waals surface area contributed by atoms with Gasteiger partial charge in [0, 0.05) is 12.8 Å². The van der Waals surface area contributed by atoms with Crippen LogP contribution in [-0.2, 0) is 19.1 Å². The molecule has 0 radical (unpaired) electrons. The van der Waals surface area contributed by atoms with Gasteiger partial charge in [-0.3, -0.25) is 4.79 Å². The lowest BCUT2D eigenvalue weighted by atomic mass is 10.4. The lowest BCUT2D eigenvalue weighted by Crippen LogP contribution is -2.23. The summed E-state index contributed by atoms with van der Waals surface area (Å²) in [6, 6.07) is 1.44. The van der Waals surface area contributed by atoms with Crippen LogP contribution in [0.25, 0.3) is 0 Å². The first-order valence-corrected chi connectivity index (χ1v) is 6.12. The van der Waals surface area contributed by atoms with E-state index in [4.69, 9.17) is 27.9 Å². The van der Waals surface area contributed by atoms with Gasteiger partial charge in [0.2, 0.25) is 0 Å². The minimum absolute atomic E-state index is 0.150. The summed E-state index contributed by atoms with van der Waals surface area (Å²) in [4.78, 5) is 26.4. The van der Waals surface area contributed by atoms with Crippen molar-refractivity contribution in [1.82, 2.24) is 4.98 Å². The van der Waals surface area contributed by atoms with Gasteiger partial charge in [-0.25, -0.2) is 9.78 Å². The largest absolute Gasteiger partial charge is 0.454 e. The van der Waals surface area contributed by atoms with Crippen LogP contribution >= 0.6 is 23.2 Å². The Kier molecular flexibility index (Phi) is 6.55. The Balaban J connectivity index is 2.41. The topological polar surface area (TPSA) is 77.5 Å². The van der Waals surface area contributed by atoms with E-state index in [1.165, 1.54) is 12.3 Å². The summed E-state index contributed by atoms with van der Waals surface area (Å²) >= 11 is 11.5. The minimum Gasteiger partial charge on any atom is -0.454 e. The van der Waals surface area contributed by atoms with Gasteiger partial charge in [0.05, 0.1) is 10.0 Å². The first kappa shape index (κ1) is 15.7. The molecule has 0 unspecified atom stereocenters. The Morgan fingerprint density at radius 3 is 2.74 bits per heavy atom. The molecule has 1 rings (SSSR count). The zero-order valence-corrected chi connectivity index (χ0v) is 11.6. The summed E-state index contributed by atoms with van der Waals surface area (Å²) in [5, 5.41) is 2.94. The van der Waals surface area contributed by atoms with E-state index in [0.29, 0.717) is 11.6 Å². The maximum atomic E-state index is 11.5. The first-order chi connectivity index (χ1) is 9.02. The van der Waals surface area contributed by atoms with Gasteiger partial charge in [-0.1, -0.05) is 23.2 Å². The highest BCUT2D eigenvalue weighted by atomic mass is 35.5. The number of carbonyl (C=O) groups is 2. The summed E-state index contributed by atoms with van der Waals surface area (Å²) in [7, 11) is 0. The van der Waals surface area contributed by atoms with Crippen molar-refractivity contribution in [1.29, 1.82) is 0 Å². The SMILES string of the molecule is CCOCC(=O)OCC(=O)Nc1ncc(Cl)cc1Cl. The van der Waals surface area contributed by atoms with Crippen molar-refractivity contribution in [3.05, 3.63) is 22.3 Å². The predicted molar refractivity (Wildman–Crippen MR) is 70.3 cm³/mol. The van der Waals surface area contributed by atoms with Gasteiger partial charge in [0.25, 0.3) is 5.91 Å². The third-order valence-corrected chi connectivity index (χ3v) is 2.35. The third-order valence-electron chi connectivity index (χ3n) is 1.85. The molecule has 0 aliphatic rings. The summed E-state index contributed by atoms with van der Waals surface area (Å²) in [5.74, 6) is -1.02. The Morgan fingerprint density at radius 1 is 1.37 bits per heavy atom. The van der Waals surface area contributed by atoms with Gasteiger partial charge >= 0.3 is 5.97 Å². The zero-order chi connectivity index (χ0) is 14.3. The molecule has 1 amide bonds. The molecule has 0 saturated carbocycles. The maximum absolute atomic E-state index is 11.5. The van der Waals surface area contributed by atoms with Gasteiger partial charge in [0.15, 0.2) is 12.4 Å². The molecule has 0 aliphatic carbocycles. The van der Waals surface area contributed by atoms with Crippen LogP contribution in [0.2, 0.25) is 10.0 Å². The van der Waals surface area contributed by atoms with Gasteiger partial charge in [0.1, 0.15) is 6.61 Å². The number of anilines is 1. The molecule has 0 aliphatic heterocycles. The standard InChI is InChI=1S/C11H12Cl2N2O4/c1-2-18-6-10(17)19-5-9(16)15-11-8(13)3-7(12)4-14-11/h3-4H,2,5-6H2,1H3,(H,14,15,16). The number of nitrogens with zero attached hydrogens (tertiary/aromatic N) is 1.